The van der Waals surface area contributed by atoms with Crippen LogP contribution in [0.15, 0.2) is 0 Å². The van der Waals surface area contributed by atoms with Gasteiger partial charge in [0.25, 0.3) is 0 Å². The van der Waals surface area contributed by atoms with Crippen molar-refractivity contribution in [2.75, 3.05) is 20.7 Å². The molecule has 2 amide bonds. The topological polar surface area (TPSA) is 95.9 Å². The maximum Gasteiger partial charge on any atom is 0.317 e. The lowest BCUT2D eigenvalue weighted by Gasteiger charge is -2.28. The number of ether oxygens (including phenoxy) is 1. The van der Waals surface area contributed by atoms with Gasteiger partial charge in [0.15, 0.2) is 0 Å². The van der Waals surface area contributed by atoms with Crippen molar-refractivity contribution in [3.63, 3.8) is 0 Å². The van der Waals surface area contributed by atoms with Crippen molar-refractivity contribution in [1.29, 1.82) is 0 Å². The first-order valence-electron chi connectivity index (χ1n) is 7.25. The number of nitrogens with zero attached hydrogens (tertiary/aromatic N) is 1. The number of amides is 2. The molecule has 0 atom stereocenters. The number of aliphatic carboxylic acids is 1. The molecule has 0 heterocycles. The molecule has 0 unspecified atom stereocenters. The van der Waals surface area contributed by atoms with Gasteiger partial charge in [0.05, 0.1) is 13.0 Å². The zero-order valence-electron chi connectivity index (χ0n) is 12.6. The average molecular weight is 300 g/mol. The van der Waals surface area contributed by atoms with Crippen LogP contribution in [0, 0.1) is 5.92 Å². The van der Waals surface area contributed by atoms with Crippen LogP contribution in [-0.4, -0.2) is 54.7 Å². The zero-order chi connectivity index (χ0) is 15.8. The Kier molecular flexibility index (Phi) is 6.98. The minimum absolute atomic E-state index is 0.0381. The van der Waals surface area contributed by atoms with E-state index in [0.717, 1.165) is 0 Å². The monoisotopic (exact) mass is 300 g/mol. The normalized spacial score (nSPS) is 21.4. The van der Waals surface area contributed by atoms with Crippen molar-refractivity contribution >= 4 is 18.0 Å². The summed E-state index contributed by atoms with van der Waals surface area (Å²) in [4.78, 5) is 35.3. The Hall–Kier alpha value is -1.79. The molecule has 7 nitrogen and oxygen atoms in total. The number of hydrogen-bond donors (Lipinski definition) is 2. The number of hydrogen-bond acceptors (Lipinski definition) is 4. The minimum Gasteiger partial charge on any atom is -0.481 e. The fourth-order valence-electron chi connectivity index (χ4n) is 2.43. The second-order valence-corrected chi connectivity index (χ2v) is 5.44. The van der Waals surface area contributed by atoms with Crippen LogP contribution in [0.25, 0.3) is 0 Å². The summed E-state index contributed by atoms with van der Waals surface area (Å²) in [5, 5.41) is 11.8. The van der Waals surface area contributed by atoms with Crippen LogP contribution in [0.5, 0.6) is 0 Å². The van der Waals surface area contributed by atoms with Gasteiger partial charge in [-0.05, 0) is 32.1 Å². The van der Waals surface area contributed by atoms with Crippen molar-refractivity contribution in [2.45, 2.75) is 44.6 Å². The Labute approximate surface area is 124 Å². The van der Waals surface area contributed by atoms with Crippen molar-refractivity contribution in [1.82, 2.24) is 10.2 Å². The molecule has 2 N–H and O–H groups in total. The van der Waals surface area contributed by atoms with Gasteiger partial charge < -0.3 is 20.1 Å². The van der Waals surface area contributed by atoms with E-state index in [1.54, 1.807) is 7.05 Å². The van der Waals surface area contributed by atoms with Gasteiger partial charge >= 0.3 is 18.0 Å². The van der Waals surface area contributed by atoms with Crippen molar-refractivity contribution in [3.05, 3.63) is 0 Å². The van der Waals surface area contributed by atoms with Gasteiger partial charge in [-0.25, -0.2) is 4.79 Å². The smallest absolute Gasteiger partial charge is 0.317 e. The van der Waals surface area contributed by atoms with Crippen molar-refractivity contribution in [3.8, 4) is 0 Å². The highest BCUT2D eigenvalue weighted by Crippen LogP contribution is 2.24. The summed E-state index contributed by atoms with van der Waals surface area (Å²) in [7, 11) is 3.02. The third kappa shape index (κ3) is 6.01. The molecule has 1 aliphatic carbocycles. The summed E-state index contributed by atoms with van der Waals surface area (Å²) < 4.78 is 4.54. The molecule has 21 heavy (non-hydrogen) atoms. The minimum atomic E-state index is -0.750. The number of carbonyl (C=O) groups is 3. The lowest BCUT2D eigenvalue weighted by Crippen LogP contribution is -2.45. The maximum atomic E-state index is 12.0. The Morgan fingerprint density at radius 2 is 1.86 bits per heavy atom. The number of carboxylic acid groups (broad SMARTS) is 1. The van der Waals surface area contributed by atoms with E-state index in [2.05, 4.69) is 10.1 Å². The van der Waals surface area contributed by atoms with E-state index < -0.39 is 5.97 Å². The molecular weight excluding hydrogens is 276 g/mol. The number of methoxy groups -OCH3 is 1. The van der Waals surface area contributed by atoms with Crippen LogP contribution < -0.4 is 5.32 Å². The van der Waals surface area contributed by atoms with Gasteiger partial charge in [0.2, 0.25) is 0 Å². The molecular formula is C14H24N2O5. The molecule has 7 heteroatoms. The molecule has 1 fully saturated rings. The zero-order valence-corrected chi connectivity index (χ0v) is 12.6. The highest BCUT2D eigenvalue weighted by atomic mass is 16.5. The predicted molar refractivity (Wildman–Crippen MR) is 75.8 cm³/mol. The van der Waals surface area contributed by atoms with Gasteiger partial charge in [-0.1, -0.05) is 0 Å². The number of rotatable bonds is 6. The third-order valence-electron chi connectivity index (χ3n) is 3.85. The molecule has 0 aromatic carbocycles. The SMILES string of the molecule is COC(=O)CCCN(C)C(=O)NC1CCC(C(=O)O)CC1. The highest BCUT2D eigenvalue weighted by molar-refractivity contribution is 5.74. The number of carboxylic acids is 1. The van der Waals surface area contributed by atoms with Gasteiger partial charge in [0, 0.05) is 26.1 Å². The molecule has 1 saturated carbocycles. The first-order chi connectivity index (χ1) is 9.93. The average Bonchev–Trinajstić information content (AvgIpc) is 2.47. The Bertz CT molecular complexity index is 378. The maximum absolute atomic E-state index is 12.0. The molecule has 1 rings (SSSR count). The quantitative estimate of drug-likeness (QED) is 0.719. The van der Waals surface area contributed by atoms with E-state index >= 15 is 0 Å². The van der Waals surface area contributed by atoms with Crippen molar-refractivity contribution in [2.24, 2.45) is 5.92 Å². The summed E-state index contributed by atoms with van der Waals surface area (Å²) in [6.45, 7) is 0.478. The molecule has 1 aliphatic rings. The molecule has 0 saturated heterocycles. The van der Waals surface area contributed by atoms with E-state index in [0.29, 0.717) is 38.6 Å². The fraction of sp³-hybridized carbons (Fsp3) is 0.786. The molecule has 0 bridgehead atoms. The predicted octanol–water partition coefficient (Wildman–Crippen LogP) is 1.22. The number of urea groups is 1. The van der Waals surface area contributed by atoms with Crippen LogP contribution in [0.2, 0.25) is 0 Å². The summed E-state index contributed by atoms with van der Waals surface area (Å²) in [5.74, 6) is -1.31. The van der Waals surface area contributed by atoms with Crippen LogP contribution in [0.3, 0.4) is 0 Å². The van der Waals surface area contributed by atoms with Crippen LogP contribution in [0.1, 0.15) is 38.5 Å². The largest absolute Gasteiger partial charge is 0.481 e. The molecule has 0 spiro atoms. The summed E-state index contributed by atoms with van der Waals surface area (Å²) in [6, 6.07) is -0.144. The third-order valence-corrected chi connectivity index (χ3v) is 3.85. The fourth-order valence-corrected chi connectivity index (χ4v) is 2.43. The molecule has 0 aromatic heterocycles. The molecule has 120 valence electrons. The Morgan fingerprint density at radius 3 is 2.38 bits per heavy atom. The van der Waals surface area contributed by atoms with Gasteiger partial charge in [-0.2, -0.15) is 0 Å². The van der Waals surface area contributed by atoms with E-state index in [-0.39, 0.29) is 30.4 Å². The van der Waals surface area contributed by atoms with E-state index in [9.17, 15) is 14.4 Å². The molecule has 0 aliphatic heterocycles. The van der Waals surface area contributed by atoms with Gasteiger partial charge in [-0.15, -0.1) is 0 Å². The second-order valence-electron chi connectivity index (χ2n) is 5.44. The number of carbonyl (C=O) groups excluding carboxylic acids is 2. The molecule has 0 radical (unpaired) electrons. The van der Waals surface area contributed by atoms with Crippen molar-refractivity contribution < 1.29 is 24.2 Å². The van der Waals surface area contributed by atoms with Crippen LogP contribution in [0.4, 0.5) is 4.79 Å². The highest BCUT2D eigenvalue weighted by Gasteiger charge is 2.27. The first kappa shape index (κ1) is 17.3. The Balaban J connectivity index is 2.24. The Morgan fingerprint density at radius 1 is 1.24 bits per heavy atom. The van der Waals surface area contributed by atoms with Crippen LogP contribution >= 0.6 is 0 Å². The van der Waals surface area contributed by atoms with Gasteiger partial charge in [-0.3, -0.25) is 9.59 Å². The van der Waals surface area contributed by atoms with E-state index in [1.807, 2.05) is 0 Å². The van der Waals surface area contributed by atoms with E-state index in [4.69, 9.17) is 5.11 Å². The summed E-state index contributed by atoms with van der Waals surface area (Å²) in [6.07, 6.45) is 3.44. The van der Waals surface area contributed by atoms with Gasteiger partial charge in [0.1, 0.15) is 0 Å². The number of nitrogens with one attached hydrogen (secondary N) is 1. The summed E-state index contributed by atoms with van der Waals surface area (Å²) >= 11 is 0. The van der Waals surface area contributed by atoms with E-state index in [1.165, 1.54) is 12.0 Å². The second kappa shape index (κ2) is 8.49. The standard InChI is InChI=1S/C14H24N2O5/c1-16(9-3-4-12(17)21-2)14(20)15-11-7-5-10(6-8-11)13(18)19/h10-11H,3-9H2,1-2H3,(H,15,20)(H,18,19). The summed E-state index contributed by atoms with van der Waals surface area (Å²) in [5.41, 5.74) is 0. The first-order valence-corrected chi connectivity index (χ1v) is 7.25. The lowest BCUT2D eigenvalue weighted by molar-refractivity contribution is -0.143. The number of esters is 1. The van der Waals surface area contributed by atoms with Crippen LogP contribution in [-0.2, 0) is 14.3 Å². The lowest BCUT2D eigenvalue weighted by atomic mass is 9.86. The molecule has 0 aromatic rings.